The van der Waals surface area contributed by atoms with Gasteiger partial charge in [0.15, 0.2) is 0 Å². The minimum absolute atomic E-state index is 0.333. The molecule has 0 aromatic rings. The van der Waals surface area contributed by atoms with Crippen molar-refractivity contribution in [2.24, 2.45) is 0 Å². The highest BCUT2D eigenvalue weighted by atomic mass is 16.5. The standard InChI is InChI=1S/C14H29NO4/c1-14(17,7-8-18-2)11-15-9-12(16)10-19-13-5-3-4-6-13/h12-13,15-17H,3-11H2,1-2H3. The topological polar surface area (TPSA) is 71.0 Å². The van der Waals surface area contributed by atoms with E-state index in [1.54, 1.807) is 14.0 Å². The first kappa shape index (κ1) is 16.9. The molecule has 1 fully saturated rings. The summed E-state index contributed by atoms with van der Waals surface area (Å²) in [6.45, 7) is 3.55. The van der Waals surface area contributed by atoms with Crippen LogP contribution in [0.3, 0.4) is 0 Å². The third-order valence-electron chi connectivity index (χ3n) is 3.56. The van der Waals surface area contributed by atoms with Crippen LogP contribution in [-0.4, -0.2) is 61.4 Å². The second kappa shape index (κ2) is 8.87. The first-order valence-electron chi connectivity index (χ1n) is 7.25. The van der Waals surface area contributed by atoms with E-state index in [0.29, 0.717) is 38.8 Å². The van der Waals surface area contributed by atoms with Crippen LogP contribution in [0.1, 0.15) is 39.0 Å². The molecule has 5 nitrogen and oxygen atoms in total. The summed E-state index contributed by atoms with van der Waals surface area (Å²) in [7, 11) is 1.62. The Hall–Kier alpha value is -0.200. The van der Waals surface area contributed by atoms with Crippen molar-refractivity contribution < 1.29 is 19.7 Å². The average Bonchev–Trinajstić information content (AvgIpc) is 2.87. The number of hydrogen-bond donors (Lipinski definition) is 3. The molecule has 0 aromatic carbocycles. The van der Waals surface area contributed by atoms with E-state index in [0.717, 1.165) is 12.8 Å². The lowest BCUT2D eigenvalue weighted by Gasteiger charge is -2.24. The number of methoxy groups -OCH3 is 1. The van der Waals surface area contributed by atoms with Crippen LogP contribution in [0.4, 0.5) is 0 Å². The highest BCUT2D eigenvalue weighted by molar-refractivity contribution is 4.76. The van der Waals surface area contributed by atoms with Gasteiger partial charge in [0.2, 0.25) is 0 Å². The predicted octanol–water partition coefficient (Wildman–Crippen LogP) is 0.684. The van der Waals surface area contributed by atoms with E-state index < -0.39 is 11.7 Å². The SMILES string of the molecule is COCCC(C)(O)CNCC(O)COC1CCCC1. The van der Waals surface area contributed by atoms with Crippen LogP contribution < -0.4 is 5.32 Å². The fourth-order valence-corrected chi connectivity index (χ4v) is 2.28. The van der Waals surface area contributed by atoms with Crippen LogP contribution in [0.25, 0.3) is 0 Å². The molecule has 1 aliphatic carbocycles. The molecule has 0 bridgehead atoms. The maximum Gasteiger partial charge on any atom is 0.0897 e. The monoisotopic (exact) mass is 275 g/mol. The summed E-state index contributed by atoms with van der Waals surface area (Å²) >= 11 is 0. The summed E-state index contributed by atoms with van der Waals surface area (Å²) in [6, 6.07) is 0. The second-order valence-corrected chi connectivity index (χ2v) is 5.76. The van der Waals surface area contributed by atoms with E-state index in [1.165, 1.54) is 12.8 Å². The Labute approximate surface area is 116 Å². The van der Waals surface area contributed by atoms with Crippen LogP contribution in [0.5, 0.6) is 0 Å². The lowest BCUT2D eigenvalue weighted by Crippen LogP contribution is -2.42. The van der Waals surface area contributed by atoms with Crippen molar-refractivity contribution in [3.05, 3.63) is 0 Å². The van der Waals surface area contributed by atoms with Gasteiger partial charge in [-0.3, -0.25) is 0 Å². The van der Waals surface area contributed by atoms with Crippen molar-refractivity contribution in [3.8, 4) is 0 Å². The van der Waals surface area contributed by atoms with Gasteiger partial charge in [0.05, 0.1) is 24.4 Å². The molecule has 0 saturated heterocycles. The molecule has 1 rings (SSSR count). The summed E-state index contributed by atoms with van der Waals surface area (Å²) in [5.41, 5.74) is -0.804. The zero-order valence-electron chi connectivity index (χ0n) is 12.2. The molecule has 2 atom stereocenters. The lowest BCUT2D eigenvalue weighted by molar-refractivity contribution is -0.0109. The van der Waals surface area contributed by atoms with E-state index in [2.05, 4.69) is 5.32 Å². The third-order valence-corrected chi connectivity index (χ3v) is 3.56. The normalized spacial score (nSPS) is 21.5. The Balaban J connectivity index is 2.03. The summed E-state index contributed by atoms with van der Waals surface area (Å²) < 4.78 is 10.6. The molecule has 0 amide bonds. The van der Waals surface area contributed by atoms with Gasteiger partial charge in [0.25, 0.3) is 0 Å². The molecule has 19 heavy (non-hydrogen) atoms. The maximum atomic E-state index is 10.0. The van der Waals surface area contributed by atoms with Crippen LogP contribution in [0.2, 0.25) is 0 Å². The van der Waals surface area contributed by atoms with Gasteiger partial charge < -0.3 is 25.0 Å². The Morgan fingerprint density at radius 3 is 2.68 bits per heavy atom. The van der Waals surface area contributed by atoms with Crippen LogP contribution in [0.15, 0.2) is 0 Å². The van der Waals surface area contributed by atoms with Crippen LogP contribution in [-0.2, 0) is 9.47 Å². The summed E-state index contributed by atoms with van der Waals surface area (Å²) in [5, 5.41) is 22.9. The van der Waals surface area contributed by atoms with E-state index >= 15 is 0 Å². The van der Waals surface area contributed by atoms with Crippen LogP contribution >= 0.6 is 0 Å². The van der Waals surface area contributed by atoms with Gasteiger partial charge in [0, 0.05) is 33.2 Å². The fraction of sp³-hybridized carbons (Fsp3) is 1.00. The van der Waals surface area contributed by atoms with Gasteiger partial charge in [-0.2, -0.15) is 0 Å². The molecule has 0 aliphatic heterocycles. The number of ether oxygens (including phenoxy) is 2. The van der Waals surface area contributed by atoms with Gasteiger partial charge in [-0.1, -0.05) is 12.8 Å². The third kappa shape index (κ3) is 7.84. The average molecular weight is 275 g/mol. The molecule has 0 heterocycles. The second-order valence-electron chi connectivity index (χ2n) is 5.76. The number of nitrogens with one attached hydrogen (secondary N) is 1. The molecule has 1 saturated carbocycles. The summed E-state index contributed by atoms with van der Waals surface area (Å²) in [6.07, 6.45) is 5.10. The predicted molar refractivity (Wildman–Crippen MR) is 74.2 cm³/mol. The van der Waals surface area contributed by atoms with Crippen LogP contribution in [0, 0.1) is 0 Å². The van der Waals surface area contributed by atoms with Crippen molar-refractivity contribution in [1.82, 2.24) is 5.32 Å². The number of aliphatic hydroxyl groups excluding tert-OH is 1. The number of rotatable bonds is 10. The Kier molecular flexibility index (Phi) is 7.87. The zero-order valence-corrected chi connectivity index (χ0v) is 12.2. The van der Waals surface area contributed by atoms with E-state index in [1.807, 2.05) is 0 Å². The molecule has 5 heteroatoms. The van der Waals surface area contributed by atoms with Gasteiger partial charge in [-0.25, -0.2) is 0 Å². The quantitative estimate of drug-likeness (QED) is 0.547. The van der Waals surface area contributed by atoms with E-state index in [9.17, 15) is 10.2 Å². The molecule has 2 unspecified atom stereocenters. The molecule has 1 aliphatic rings. The van der Waals surface area contributed by atoms with Crippen molar-refractivity contribution >= 4 is 0 Å². The van der Waals surface area contributed by atoms with E-state index in [4.69, 9.17) is 9.47 Å². The zero-order chi connectivity index (χ0) is 14.1. The minimum atomic E-state index is -0.804. The van der Waals surface area contributed by atoms with Crippen molar-refractivity contribution in [2.45, 2.75) is 56.8 Å². The van der Waals surface area contributed by atoms with Gasteiger partial charge >= 0.3 is 0 Å². The molecule has 0 aromatic heterocycles. The first-order chi connectivity index (χ1) is 9.03. The van der Waals surface area contributed by atoms with Gasteiger partial charge in [-0.05, 0) is 19.8 Å². The fourth-order valence-electron chi connectivity index (χ4n) is 2.28. The Bertz CT molecular complexity index is 229. The van der Waals surface area contributed by atoms with Gasteiger partial charge in [0.1, 0.15) is 0 Å². The molecular weight excluding hydrogens is 246 g/mol. The smallest absolute Gasteiger partial charge is 0.0897 e. The van der Waals surface area contributed by atoms with Crippen molar-refractivity contribution in [1.29, 1.82) is 0 Å². The Morgan fingerprint density at radius 1 is 1.37 bits per heavy atom. The summed E-state index contributed by atoms with van der Waals surface area (Å²) in [5.74, 6) is 0. The highest BCUT2D eigenvalue weighted by Crippen LogP contribution is 2.20. The molecule has 114 valence electrons. The first-order valence-corrected chi connectivity index (χ1v) is 7.25. The van der Waals surface area contributed by atoms with E-state index in [-0.39, 0.29) is 0 Å². The summed E-state index contributed by atoms with van der Waals surface area (Å²) in [4.78, 5) is 0. The molecular formula is C14H29NO4. The van der Waals surface area contributed by atoms with Crippen molar-refractivity contribution in [3.63, 3.8) is 0 Å². The molecule has 3 N–H and O–H groups in total. The Morgan fingerprint density at radius 2 is 2.05 bits per heavy atom. The van der Waals surface area contributed by atoms with Crippen molar-refractivity contribution in [2.75, 3.05) is 33.4 Å². The maximum absolute atomic E-state index is 10.0. The number of aliphatic hydroxyl groups is 2. The minimum Gasteiger partial charge on any atom is -0.389 e. The van der Waals surface area contributed by atoms with Gasteiger partial charge in [-0.15, -0.1) is 0 Å². The molecule has 0 spiro atoms. The number of hydrogen-bond acceptors (Lipinski definition) is 5. The lowest BCUT2D eigenvalue weighted by atomic mass is 10.0. The highest BCUT2D eigenvalue weighted by Gasteiger charge is 2.20. The molecule has 0 radical (unpaired) electrons. The largest absolute Gasteiger partial charge is 0.389 e.